The van der Waals surface area contributed by atoms with Gasteiger partial charge in [-0.15, -0.1) is 0 Å². The lowest BCUT2D eigenvalue weighted by Crippen LogP contribution is -2.66. The largest absolute Gasteiger partial charge is 0.353 e. The van der Waals surface area contributed by atoms with Crippen LogP contribution in [-0.2, 0) is 18.9 Å². The average Bonchev–Trinajstić information content (AvgIpc) is 2.65. The maximum atomic E-state index is 6.61. The van der Waals surface area contributed by atoms with E-state index in [-0.39, 0.29) is 18.2 Å². The van der Waals surface area contributed by atoms with Gasteiger partial charge in [0.05, 0.1) is 0 Å². The molecule has 0 aromatic carbocycles. The first-order chi connectivity index (χ1) is 10.00. The Morgan fingerprint density at radius 3 is 2.71 bits per heavy atom. The Labute approximate surface area is 127 Å². The number of hydrogen-bond donors (Lipinski definition) is 0. The summed E-state index contributed by atoms with van der Waals surface area (Å²) < 4.78 is 25.0. The van der Waals surface area contributed by atoms with Gasteiger partial charge in [0, 0.05) is 24.9 Å². The first-order valence-corrected chi connectivity index (χ1v) is 8.65. The topological polar surface area (TPSA) is 36.9 Å². The van der Waals surface area contributed by atoms with Crippen LogP contribution < -0.4 is 0 Å². The lowest BCUT2D eigenvalue weighted by molar-refractivity contribution is -0.336. The fraction of sp³-hybridized carbons (Fsp3) is 1.00. The smallest absolute Gasteiger partial charge is 0.193 e. The summed E-state index contributed by atoms with van der Waals surface area (Å²) in [5.74, 6) is 1.63. The van der Waals surface area contributed by atoms with E-state index >= 15 is 0 Å². The van der Waals surface area contributed by atoms with Gasteiger partial charge in [-0.05, 0) is 44.9 Å². The molecule has 21 heavy (non-hydrogen) atoms. The molecule has 3 saturated heterocycles. The van der Waals surface area contributed by atoms with Gasteiger partial charge in [0.1, 0.15) is 5.60 Å². The summed E-state index contributed by atoms with van der Waals surface area (Å²) in [4.78, 5) is 0. The molecule has 4 nitrogen and oxygen atoms in total. The summed E-state index contributed by atoms with van der Waals surface area (Å²) in [5.41, 5.74) is -0.238. The van der Waals surface area contributed by atoms with E-state index in [0.29, 0.717) is 30.3 Å². The molecule has 1 saturated carbocycles. The van der Waals surface area contributed by atoms with Gasteiger partial charge < -0.3 is 18.9 Å². The molecule has 0 amide bonds. The van der Waals surface area contributed by atoms with Crippen molar-refractivity contribution in [3.05, 3.63) is 0 Å². The molecule has 4 rings (SSSR count). The molecule has 8 atom stereocenters. The fourth-order valence-corrected chi connectivity index (χ4v) is 5.49. The van der Waals surface area contributed by atoms with Gasteiger partial charge in [0.2, 0.25) is 0 Å². The summed E-state index contributed by atoms with van der Waals surface area (Å²) >= 11 is 0. The first kappa shape index (κ1) is 14.4. The Morgan fingerprint density at radius 1 is 1.14 bits per heavy atom. The third-order valence-corrected chi connectivity index (χ3v) is 6.46. The van der Waals surface area contributed by atoms with Crippen molar-refractivity contribution < 1.29 is 18.9 Å². The zero-order valence-corrected chi connectivity index (χ0v) is 13.6. The third-order valence-electron chi connectivity index (χ3n) is 6.46. The molecule has 3 heterocycles. The van der Waals surface area contributed by atoms with E-state index < -0.39 is 5.79 Å². The lowest BCUT2D eigenvalue weighted by Gasteiger charge is -2.58. The van der Waals surface area contributed by atoms with Crippen LogP contribution in [0, 0.1) is 23.7 Å². The summed E-state index contributed by atoms with van der Waals surface area (Å²) in [6.07, 6.45) is 4.24. The standard InChI is InChI=1S/C17H28O4/c1-5-18-14-11(3)13-7-6-10(2)12-8-9-16(4)20-15(19-14)17(12,13)21-16/h10-15H,5-9H2,1-4H3/t10-,11-,12+,13+,14+,15-,16-,17-/m1/s1. The molecule has 3 aliphatic heterocycles. The highest BCUT2D eigenvalue weighted by molar-refractivity contribution is 5.12. The van der Waals surface area contributed by atoms with Gasteiger partial charge in [-0.3, -0.25) is 0 Å². The van der Waals surface area contributed by atoms with Crippen LogP contribution in [0.1, 0.15) is 53.4 Å². The van der Waals surface area contributed by atoms with Crippen LogP contribution in [0.2, 0.25) is 0 Å². The zero-order chi connectivity index (χ0) is 14.8. The average molecular weight is 296 g/mol. The van der Waals surface area contributed by atoms with E-state index in [2.05, 4.69) is 20.8 Å². The monoisotopic (exact) mass is 296 g/mol. The van der Waals surface area contributed by atoms with Crippen LogP contribution in [0.3, 0.4) is 0 Å². The molecule has 4 aliphatic rings. The van der Waals surface area contributed by atoms with Crippen molar-refractivity contribution >= 4 is 0 Å². The molecule has 0 N–H and O–H groups in total. The Kier molecular flexibility index (Phi) is 3.21. The van der Waals surface area contributed by atoms with Gasteiger partial charge in [0.25, 0.3) is 0 Å². The Balaban J connectivity index is 1.74. The zero-order valence-electron chi connectivity index (χ0n) is 13.6. The van der Waals surface area contributed by atoms with Crippen LogP contribution >= 0.6 is 0 Å². The quantitative estimate of drug-likeness (QED) is 0.783. The van der Waals surface area contributed by atoms with Gasteiger partial charge in [0.15, 0.2) is 18.4 Å². The van der Waals surface area contributed by atoms with Gasteiger partial charge >= 0.3 is 0 Å². The van der Waals surface area contributed by atoms with Crippen LogP contribution in [0.25, 0.3) is 0 Å². The molecular weight excluding hydrogens is 268 g/mol. The Bertz CT molecular complexity index is 427. The summed E-state index contributed by atoms with van der Waals surface area (Å²) in [6.45, 7) is 9.42. The summed E-state index contributed by atoms with van der Waals surface area (Å²) in [5, 5.41) is 0. The number of rotatable bonds is 2. The normalized spacial score (nSPS) is 58.9. The van der Waals surface area contributed by atoms with Gasteiger partial charge in [-0.1, -0.05) is 13.8 Å². The molecular formula is C17H28O4. The molecule has 0 aromatic rings. The highest BCUT2D eigenvalue weighted by Gasteiger charge is 2.71. The molecule has 4 heteroatoms. The van der Waals surface area contributed by atoms with E-state index in [0.717, 1.165) is 6.42 Å². The van der Waals surface area contributed by atoms with E-state index in [1.807, 2.05) is 6.92 Å². The maximum Gasteiger partial charge on any atom is 0.193 e. The molecule has 0 unspecified atom stereocenters. The number of fused-ring (bicyclic) bond motifs is 1. The SMILES string of the molecule is CCO[C@H]1O[C@@H]2O[C@@]3(C)CC[C@H]4[C@H](C)CC[C@@H]([C@H]1C)[C@@]24O3. The first-order valence-electron chi connectivity index (χ1n) is 8.65. The van der Waals surface area contributed by atoms with Crippen LogP contribution in [-0.4, -0.2) is 30.6 Å². The highest BCUT2D eigenvalue weighted by atomic mass is 16.9. The third kappa shape index (κ3) is 1.82. The lowest BCUT2D eigenvalue weighted by atomic mass is 9.57. The molecule has 2 bridgehead atoms. The van der Waals surface area contributed by atoms with E-state index in [4.69, 9.17) is 18.9 Å². The Hall–Kier alpha value is -0.160. The fourth-order valence-electron chi connectivity index (χ4n) is 5.49. The Morgan fingerprint density at radius 2 is 1.95 bits per heavy atom. The van der Waals surface area contributed by atoms with E-state index in [1.54, 1.807) is 0 Å². The van der Waals surface area contributed by atoms with Crippen LogP contribution in [0.15, 0.2) is 0 Å². The molecule has 1 aliphatic carbocycles. The van der Waals surface area contributed by atoms with E-state index in [9.17, 15) is 0 Å². The minimum absolute atomic E-state index is 0.156. The molecule has 1 spiro atoms. The van der Waals surface area contributed by atoms with Crippen molar-refractivity contribution in [2.24, 2.45) is 23.7 Å². The molecule has 0 radical (unpaired) electrons. The maximum absolute atomic E-state index is 6.61. The van der Waals surface area contributed by atoms with Crippen molar-refractivity contribution in [1.29, 1.82) is 0 Å². The minimum Gasteiger partial charge on any atom is -0.353 e. The van der Waals surface area contributed by atoms with Gasteiger partial charge in [-0.25, -0.2) is 0 Å². The van der Waals surface area contributed by atoms with Crippen molar-refractivity contribution in [1.82, 2.24) is 0 Å². The summed E-state index contributed by atoms with van der Waals surface area (Å²) in [6, 6.07) is 0. The van der Waals surface area contributed by atoms with Crippen LogP contribution in [0.4, 0.5) is 0 Å². The molecule has 4 fully saturated rings. The number of hydrogen-bond acceptors (Lipinski definition) is 4. The van der Waals surface area contributed by atoms with Crippen molar-refractivity contribution in [3.8, 4) is 0 Å². The summed E-state index contributed by atoms with van der Waals surface area (Å²) in [7, 11) is 0. The van der Waals surface area contributed by atoms with Gasteiger partial charge in [-0.2, -0.15) is 0 Å². The number of ether oxygens (including phenoxy) is 4. The predicted molar refractivity (Wildman–Crippen MR) is 77.4 cm³/mol. The van der Waals surface area contributed by atoms with E-state index in [1.165, 1.54) is 19.3 Å². The second-order valence-corrected chi connectivity index (χ2v) is 7.66. The predicted octanol–water partition coefficient (Wildman–Crippen LogP) is 3.30. The molecule has 120 valence electrons. The van der Waals surface area contributed by atoms with Crippen LogP contribution in [0.5, 0.6) is 0 Å². The second-order valence-electron chi connectivity index (χ2n) is 7.66. The van der Waals surface area contributed by atoms with Crippen molar-refractivity contribution in [2.45, 2.75) is 77.3 Å². The highest BCUT2D eigenvalue weighted by Crippen LogP contribution is 2.63. The van der Waals surface area contributed by atoms with Crippen molar-refractivity contribution in [3.63, 3.8) is 0 Å². The minimum atomic E-state index is -0.461. The van der Waals surface area contributed by atoms with Crippen molar-refractivity contribution in [2.75, 3.05) is 6.61 Å². The molecule has 0 aromatic heterocycles. The second kappa shape index (κ2) is 4.67.